The molecule has 1 N–H and O–H groups in total. The van der Waals surface area contributed by atoms with E-state index >= 15 is 0 Å². The number of rotatable bonds is 7. The number of benzene rings is 1. The van der Waals surface area contributed by atoms with Crippen molar-refractivity contribution in [1.82, 2.24) is 5.32 Å². The molecule has 1 rings (SSSR count). The second-order valence-corrected chi connectivity index (χ2v) is 4.75. The van der Waals surface area contributed by atoms with E-state index in [1.54, 1.807) is 7.11 Å². The van der Waals surface area contributed by atoms with E-state index in [0.29, 0.717) is 0 Å². The van der Waals surface area contributed by atoms with E-state index in [4.69, 9.17) is 4.74 Å². The van der Waals surface area contributed by atoms with Gasteiger partial charge in [-0.3, -0.25) is 0 Å². The molecule has 0 aromatic heterocycles. The summed E-state index contributed by atoms with van der Waals surface area (Å²) in [5.74, 6) is 0. The molecule has 1 aromatic carbocycles. The Balaban J connectivity index is 2.07. The zero-order valence-electron chi connectivity index (χ0n) is 9.13. The number of unbranched alkanes of at least 4 members (excludes halogenated alkanes) is 1. The van der Waals surface area contributed by atoms with Gasteiger partial charge in [0.1, 0.15) is 0 Å². The number of nitrogens with one attached hydrogen (secondary N) is 1. The van der Waals surface area contributed by atoms with Gasteiger partial charge in [-0.15, -0.1) is 0 Å². The summed E-state index contributed by atoms with van der Waals surface area (Å²) >= 11 is 2.32. The number of hydrogen-bond acceptors (Lipinski definition) is 2. The molecule has 0 saturated heterocycles. The Kier molecular flexibility index (Phi) is 6.96. The lowest BCUT2D eigenvalue weighted by atomic mass is 10.2. The third-order valence-electron chi connectivity index (χ3n) is 2.19. The van der Waals surface area contributed by atoms with Crippen LogP contribution in [-0.4, -0.2) is 20.3 Å². The quantitative estimate of drug-likeness (QED) is 0.616. The minimum absolute atomic E-state index is 0.866. The normalized spacial score (nSPS) is 10.5. The molecule has 0 aliphatic rings. The van der Waals surface area contributed by atoms with Gasteiger partial charge in [0, 0.05) is 23.8 Å². The summed E-state index contributed by atoms with van der Waals surface area (Å²) in [6.07, 6.45) is 2.31. The molecular formula is C12H18INO. The highest BCUT2D eigenvalue weighted by Crippen LogP contribution is 2.06. The lowest BCUT2D eigenvalue weighted by Crippen LogP contribution is -2.15. The maximum atomic E-state index is 4.99. The summed E-state index contributed by atoms with van der Waals surface area (Å²) in [6.45, 7) is 2.89. The first-order valence-electron chi connectivity index (χ1n) is 5.27. The molecule has 3 heteroatoms. The average molecular weight is 319 g/mol. The first-order valence-corrected chi connectivity index (χ1v) is 6.35. The molecule has 2 nitrogen and oxygen atoms in total. The van der Waals surface area contributed by atoms with Crippen molar-refractivity contribution < 1.29 is 4.74 Å². The summed E-state index contributed by atoms with van der Waals surface area (Å²) in [7, 11) is 1.75. The fourth-order valence-electron chi connectivity index (χ4n) is 1.33. The van der Waals surface area contributed by atoms with Crippen LogP contribution in [0.15, 0.2) is 24.3 Å². The fraction of sp³-hybridized carbons (Fsp3) is 0.500. The van der Waals surface area contributed by atoms with Crippen molar-refractivity contribution in [2.24, 2.45) is 0 Å². The van der Waals surface area contributed by atoms with E-state index in [0.717, 1.165) is 26.1 Å². The summed E-state index contributed by atoms with van der Waals surface area (Å²) in [4.78, 5) is 0. The zero-order valence-corrected chi connectivity index (χ0v) is 11.3. The van der Waals surface area contributed by atoms with Crippen LogP contribution in [0, 0.1) is 3.57 Å². The van der Waals surface area contributed by atoms with Crippen LogP contribution < -0.4 is 5.32 Å². The van der Waals surface area contributed by atoms with Gasteiger partial charge in [-0.2, -0.15) is 0 Å². The second-order valence-electron chi connectivity index (χ2n) is 3.50. The maximum Gasteiger partial charge on any atom is 0.0462 e. The van der Waals surface area contributed by atoms with Crippen molar-refractivity contribution in [1.29, 1.82) is 0 Å². The minimum atomic E-state index is 0.866. The van der Waals surface area contributed by atoms with Gasteiger partial charge in [0.2, 0.25) is 0 Å². The van der Waals surface area contributed by atoms with Crippen LogP contribution in [0.5, 0.6) is 0 Å². The molecule has 0 saturated carbocycles. The van der Waals surface area contributed by atoms with Gasteiger partial charge >= 0.3 is 0 Å². The molecule has 0 fully saturated rings. The molecule has 0 bridgehead atoms. The highest BCUT2D eigenvalue weighted by molar-refractivity contribution is 14.1. The van der Waals surface area contributed by atoms with Crippen molar-refractivity contribution >= 4 is 22.6 Å². The Morgan fingerprint density at radius 2 is 1.93 bits per heavy atom. The van der Waals surface area contributed by atoms with E-state index < -0.39 is 0 Å². The van der Waals surface area contributed by atoms with Crippen LogP contribution in [0.4, 0.5) is 0 Å². The zero-order chi connectivity index (χ0) is 10.9. The topological polar surface area (TPSA) is 21.3 Å². The standard InChI is InChI=1S/C12H18INO/c1-15-9-3-2-8-14-10-11-4-6-12(13)7-5-11/h4-7,14H,2-3,8-10H2,1H3. The molecule has 0 aliphatic carbocycles. The Hall–Kier alpha value is -0.130. The van der Waals surface area contributed by atoms with Crippen LogP contribution in [-0.2, 0) is 11.3 Å². The lowest BCUT2D eigenvalue weighted by Gasteiger charge is -2.04. The molecule has 84 valence electrons. The van der Waals surface area contributed by atoms with E-state index in [1.807, 2.05) is 0 Å². The third-order valence-corrected chi connectivity index (χ3v) is 2.91. The van der Waals surface area contributed by atoms with E-state index in [2.05, 4.69) is 52.2 Å². The van der Waals surface area contributed by atoms with E-state index in [9.17, 15) is 0 Å². The van der Waals surface area contributed by atoms with Crippen LogP contribution in [0.1, 0.15) is 18.4 Å². The van der Waals surface area contributed by atoms with Crippen LogP contribution in [0.2, 0.25) is 0 Å². The Morgan fingerprint density at radius 1 is 1.20 bits per heavy atom. The van der Waals surface area contributed by atoms with Crippen molar-refractivity contribution in [3.63, 3.8) is 0 Å². The van der Waals surface area contributed by atoms with Gasteiger partial charge < -0.3 is 10.1 Å². The highest BCUT2D eigenvalue weighted by atomic mass is 127. The maximum absolute atomic E-state index is 4.99. The number of hydrogen-bond donors (Lipinski definition) is 1. The molecule has 0 unspecified atom stereocenters. The predicted molar refractivity (Wildman–Crippen MR) is 72.0 cm³/mol. The smallest absolute Gasteiger partial charge is 0.0462 e. The Morgan fingerprint density at radius 3 is 2.60 bits per heavy atom. The molecular weight excluding hydrogens is 301 g/mol. The molecule has 0 spiro atoms. The van der Waals surface area contributed by atoms with Crippen molar-refractivity contribution in [2.45, 2.75) is 19.4 Å². The summed E-state index contributed by atoms with van der Waals surface area (Å²) in [5.41, 5.74) is 1.35. The molecule has 15 heavy (non-hydrogen) atoms. The molecule has 0 heterocycles. The first kappa shape index (κ1) is 12.9. The number of halogens is 1. The fourth-order valence-corrected chi connectivity index (χ4v) is 1.69. The van der Waals surface area contributed by atoms with Gasteiger partial charge in [0.25, 0.3) is 0 Å². The summed E-state index contributed by atoms with van der Waals surface area (Å²) < 4.78 is 6.28. The van der Waals surface area contributed by atoms with Crippen LogP contribution in [0.3, 0.4) is 0 Å². The predicted octanol–water partition coefficient (Wildman–Crippen LogP) is 2.81. The van der Waals surface area contributed by atoms with Crippen molar-refractivity contribution in [3.8, 4) is 0 Å². The highest BCUT2D eigenvalue weighted by Gasteiger charge is 1.92. The van der Waals surface area contributed by atoms with Crippen LogP contribution >= 0.6 is 22.6 Å². The Bertz CT molecular complexity index is 261. The van der Waals surface area contributed by atoms with Gasteiger partial charge in [0.05, 0.1) is 0 Å². The van der Waals surface area contributed by atoms with Gasteiger partial charge in [-0.05, 0) is 59.7 Å². The summed E-state index contributed by atoms with van der Waals surface area (Å²) in [5, 5.41) is 3.42. The van der Waals surface area contributed by atoms with E-state index in [-0.39, 0.29) is 0 Å². The largest absolute Gasteiger partial charge is 0.385 e. The monoisotopic (exact) mass is 319 g/mol. The number of methoxy groups -OCH3 is 1. The average Bonchev–Trinajstić information content (AvgIpc) is 2.26. The molecule has 0 atom stereocenters. The van der Waals surface area contributed by atoms with E-state index in [1.165, 1.54) is 15.6 Å². The second kappa shape index (κ2) is 8.07. The molecule has 0 aliphatic heterocycles. The Labute approximate surface area is 106 Å². The first-order chi connectivity index (χ1) is 7.33. The molecule has 1 aromatic rings. The molecule has 0 radical (unpaired) electrons. The third kappa shape index (κ3) is 6.12. The summed E-state index contributed by atoms with van der Waals surface area (Å²) in [6, 6.07) is 8.62. The molecule has 0 amide bonds. The van der Waals surface area contributed by atoms with Crippen molar-refractivity contribution in [2.75, 3.05) is 20.3 Å². The van der Waals surface area contributed by atoms with Gasteiger partial charge in [-0.25, -0.2) is 0 Å². The lowest BCUT2D eigenvalue weighted by molar-refractivity contribution is 0.192. The van der Waals surface area contributed by atoms with Crippen LogP contribution in [0.25, 0.3) is 0 Å². The number of ether oxygens (including phenoxy) is 1. The van der Waals surface area contributed by atoms with Crippen molar-refractivity contribution in [3.05, 3.63) is 33.4 Å². The SMILES string of the molecule is COCCCCNCc1ccc(I)cc1. The minimum Gasteiger partial charge on any atom is -0.385 e. The van der Waals surface area contributed by atoms with Gasteiger partial charge in [-0.1, -0.05) is 12.1 Å². The van der Waals surface area contributed by atoms with Gasteiger partial charge in [0.15, 0.2) is 0 Å².